The summed E-state index contributed by atoms with van der Waals surface area (Å²) in [6.45, 7) is 0. The minimum Gasteiger partial charge on any atom is -0.619 e. The average molecular weight is 306 g/mol. The van der Waals surface area contributed by atoms with E-state index in [0.717, 1.165) is 12.1 Å². The molecule has 0 N–H and O–H groups in total. The van der Waals surface area contributed by atoms with Crippen LogP contribution >= 0.6 is 22.9 Å². The molecule has 0 amide bonds. The minimum atomic E-state index is -0.575. The Labute approximate surface area is 121 Å². The van der Waals surface area contributed by atoms with E-state index in [2.05, 4.69) is 4.98 Å². The molecule has 0 unspecified atom stereocenters. The second-order valence-electron chi connectivity index (χ2n) is 4.00. The van der Waals surface area contributed by atoms with Crippen LogP contribution in [0.15, 0.2) is 30.6 Å². The number of rotatable bonds is 1. The third kappa shape index (κ3) is 2.07. The zero-order valence-electron chi connectivity index (χ0n) is 9.80. The number of nitriles is 1. The van der Waals surface area contributed by atoms with Crippen molar-refractivity contribution in [2.75, 3.05) is 0 Å². The van der Waals surface area contributed by atoms with Gasteiger partial charge in [0, 0.05) is 11.6 Å². The van der Waals surface area contributed by atoms with Crippen molar-refractivity contribution in [1.29, 1.82) is 5.26 Å². The lowest BCUT2D eigenvalue weighted by Crippen LogP contribution is -2.23. The molecular formula is C13H5ClFN3OS. The van der Waals surface area contributed by atoms with Crippen molar-refractivity contribution in [1.82, 2.24) is 4.98 Å². The molecule has 0 bridgehead atoms. The summed E-state index contributed by atoms with van der Waals surface area (Å²) in [6.07, 6.45) is 2.73. The van der Waals surface area contributed by atoms with Crippen LogP contribution in [0, 0.1) is 22.4 Å². The van der Waals surface area contributed by atoms with Crippen LogP contribution in [0.4, 0.5) is 4.39 Å². The Morgan fingerprint density at radius 2 is 2.25 bits per heavy atom. The van der Waals surface area contributed by atoms with Crippen molar-refractivity contribution in [3.63, 3.8) is 0 Å². The molecule has 3 aromatic rings. The van der Waals surface area contributed by atoms with Gasteiger partial charge in [-0.3, -0.25) is 0 Å². The van der Waals surface area contributed by atoms with Gasteiger partial charge in [-0.2, -0.15) is 9.99 Å². The number of hydrogen-bond donors (Lipinski definition) is 0. The van der Waals surface area contributed by atoms with Crippen LogP contribution in [-0.2, 0) is 0 Å². The van der Waals surface area contributed by atoms with Gasteiger partial charge in [-0.1, -0.05) is 11.6 Å². The van der Waals surface area contributed by atoms with Crippen molar-refractivity contribution < 1.29 is 9.12 Å². The summed E-state index contributed by atoms with van der Waals surface area (Å²) < 4.78 is 14.6. The molecule has 2 heterocycles. The van der Waals surface area contributed by atoms with Gasteiger partial charge in [0.25, 0.3) is 0 Å². The van der Waals surface area contributed by atoms with E-state index in [1.165, 1.54) is 23.7 Å². The van der Waals surface area contributed by atoms with Crippen LogP contribution in [0.25, 0.3) is 20.8 Å². The maximum atomic E-state index is 13.3. The summed E-state index contributed by atoms with van der Waals surface area (Å²) in [5.41, 5.74) is 1.12. The standard InChI is InChI=1S/C13H5ClFN3OS/c14-9-4-8(15)3-7(5-16)12(9)13-17-10-1-2-18(19)6-11(10)20-13/h1-4,6H. The molecule has 7 heteroatoms. The molecule has 0 radical (unpaired) electrons. The predicted octanol–water partition coefficient (Wildman–Crippen LogP) is 3.26. The molecule has 0 aliphatic carbocycles. The number of halogens is 2. The number of hydrogen-bond acceptors (Lipinski definition) is 4. The largest absolute Gasteiger partial charge is 0.619 e. The first kappa shape index (κ1) is 12.8. The highest BCUT2D eigenvalue weighted by molar-refractivity contribution is 7.21. The van der Waals surface area contributed by atoms with Crippen molar-refractivity contribution in [3.8, 4) is 16.6 Å². The number of aromatic nitrogens is 2. The molecule has 20 heavy (non-hydrogen) atoms. The van der Waals surface area contributed by atoms with Crippen LogP contribution in [0.5, 0.6) is 0 Å². The van der Waals surface area contributed by atoms with E-state index in [4.69, 9.17) is 16.9 Å². The van der Waals surface area contributed by atoms with E-state index in [-0.39, 0.29) is 10.6 Å². The highest BCUT2D eigenvalue weighted by Gasteiger charge is 2.17. The first-order chi connectivity index (χ1) is 9.58. The molecule has 4 nitrogen and oxygen atoms in total. The SMILES string of the molecule is N#Cc1cc(F)cc(Cl)c1-c1nc2cc[n+]([O-])cc2s1. The summed E-state index contributed by atoms with van der Waals surface area (Å²) in [4.78, 5) is 4.33. The van der Waals surface area contributed by atoms with Crippen molar-refractivity contribution in [3.05, 3.63) is 52.2 Å². The molecule has 0 fully saturated rings. The lowest BCUT2D eigenvalue weighted by atomic mass is 10.1. The number of benzene rings is 1. The average Bonchev–Trinajstić information content (AvgIpc) is 2.79. The number of nitrogens with zero attached hydrogens (tertiary/aromatic N) is 3. The fourth-order valence-electron chi connectivity index (χ4n) is 1.84. The van der Waals surface area contributed by atoms with Gasteiger partial charge < -0.3 is 5.21 Å². The van der Waals surface area contributed by atoms with Crippen LogP contribution in [0.3, 0.4) is 0 Å². The van der Waals surface area contributed by atoms with Crippen LogP contribution in [0.1, 0.15) is 5.56 Å². The topological polar surface area (TPSA) is 63.6 Å². The Balaban J connectivity index is 2.28. The van der Waals surface area contributed by atoms with E-state index in [9.17, 15) is 9.60 Å². The van der Waals surface area contributed by atoms with Gasteiger partial charge in [0.15, 0.2) is 12.4 Å². The van der Waals surface area contributed by atoms with Crippen molar-refractivity contribution >= 4 is 33.2 Å². The molecule has 0 aliphatic rings. The first-order valence-electron chi connectivity index (χ1n) is 5.47. The Morgan fingerprint density at radius 1 is 1.45 bits per heavy atom. The van der Waals surface area contributed by atoms with Crippen LogP contribution < -0.4 is 4.73 Å². The quantitative estimate of drug-likeness (QED) is 0.512. The maximum absolute atomic E-state index is 13.3. The summed E-state index contributed by atoms with van der Waals surface area (Å²) in [7, 11) is 0. The normalized spacial score (nSPS) is 10.7. The van der Waals surface area contributed by atoms with Crippen molar-refractivity contribution in [2.24, 2.45) is 0 Å². The number of fused-ring (bicyclic) bond motifs is 1. The number of thiazole rings is 1. The van der Waals surface area contributed by atoms with Gasteiger partial charge in [0.1, 0.15) is 21.6 Å². The van der Waals surface area contributed by atoms with Crippen molar-refractivity contribution in [2.45, 2.75) is 0 Å². The van der Waals surface area contributed by atoms with E-state index < -0.39 is 5.82 Å². The summed E-state index contributed by atoms with van der Waals surface area (Å²) >= 11 is 7.24. The van der Waals surface area contributed by atoms with Gasteiger partial charge in [-0.25, -0.2) is 9.37 Å². The zero-order chi connectivity index (χ0) is 14.3. The Kier molecular flexibility index (Phi) is 3.01. The van der Waals surface area contributed by atoms with Gasteiger partial charge in [0.2, 0.25) is 0 Å². The van der Waals surface area contributed by atoms with Gasteiger partial charge >= 0.3 is 0 Å². The summed E-state index contributed by atoms with van der Waals surface area (Å²) in [6, 6.07) is 5.73. The second kappa shape index (κ2) is 4.71. The smallest absolute Gasteiger partial charge is 0.199 e. The molecule has 0 saturated heterocycles. The Morgan fingerprint density at radius 3 is 3.00 bits per heavy atom. The molecule has 0 saturated carbocycles. The van der Waals surface area contributed by atoms with E-state index in [0.29, 0.717) is 25.5 Å². The van der Waals surface area contributed by atoms with E-state index >= 15 is 0 Å². The van der Waals surface area contributed by atoms with E-state index in [1.54, 1.807) is 6.07 Å². The molecule has 2 aromatic heterocycles. The third-order valence-corrected chi connectivity index (χ3v) is 4.02. The molecule has 1 aromatic carbocycles. The monoisotopic (exact) mass is 305 g/mol. The predicted molar refractivity (Wildman–Crippen MR) is 73.7 cm³/mol. The Hall–Kier alpha value is -2.23. The molecule has 0 aliphatic heterocycles. The van der Waals surface area contributed by atoms with Gasteiger partial charge in [-0.15, -0.1) is 11.3 Å². The molecule has 98 valence electrons. The third-order valence-electron chi connectivity index (χ3n) is 2.69. The first-order valence-corrected chi connectivity index (χ1v) is 6.67. The van der Waals surface area contributed by atoms with Crippen LogP contribution in [-0.4, -0.2) is 4.98 Å². The molecular weight excluding hydrogens is 301 g/mol. The highest BCUT2D eigenvalue weighted by atomic mass is 35.5. The Bertz CT molecular complexity index is 872. The molecule has 3 rings (SSSR count). The molecule has 0 spiro atoms. The van der Waals surface area contributed by atoms with E-state index in [1.807, 2.05) is 6.07 Å². The minimum absolute atomic E-state index is 0.115. The fourth-order valence-corrected chi connectivity index (χ4v) is 3.25. The zero-order valence-corrected chi connectivity index (χ0v) is 11.4. The number of pyridine rings is 1. The second-order valence-corrected chi connectivity index (χ2v) is 5.43. The maximum Gasteiger partial charge on any atom is 0.199 e. The molecule has 0 atom stereocenters. The van der Waals surface area contributed by atoms with Crippen LogP contribution in [0.2, 0.25) is 5.02 Å². The summed E-state index contributed by atoms with van der Waals surface area (Å²) in [5, 5.41) is 20.9. The van der Waals surface area contributed by atoms with Gasteiger partial charge in [0.05, 0.1) is 16.1 Å². The fraction of sp³-hybridized carbons (Fsp3) is 0. The van der Waals surface area contributed by atoms with Gasteiger partial charge in [-0.05, 0) is 12.1 Å². The lowest BCUT2D eigenvalue weighted by Gasteiger charge is -2.03. The lowest BCUT2D eigenvalue weighted by molar-refractivity contribution is -0.603. The highest BCUT2D eigenvalue weighted by Crippen LogP contribution is 2.36. The summed E-state index contributed by atoms with van der Waals surface area (Å²) in [5.74, 6) is -0.575.